The zero-order valence-electron chi connectivity index (χ0n) is 13.8. The minimum atomic E-state index is -0.515. The predicted molar refractivity (Wildman–Crippen MR) is 93.1 cm³/mol. The Bertz CT molecular complexity index is 657. The van der Waals surface area contributed by atoms with Crippen LogP contribution in [0.1, 0.15) is 19.3 Å². The van der Waals surface area contributed by atoms with Gasteiger partial charge >= 0.3 is 0 Å². The van der Waals surface area contributed by atoms with E-state index in [1.807, 2.05) is 24.3 Å². The van der Waals surface area contributed by atoms with Crippen molar-refractivity contribution in [3.63, 3.8) is 0 Å². The summed E-state index contributed by atoms with van der Waals surface area (Å²) in [5.41, 5.74) is 1.64. The molecule has 0 saturated carbocycles. The molecular formula is C19H24N2O3. The molecule has 0 spiro atoms. The van der Waals surface area contributed by atoms with E-state index in [1.165, 1.54) is 25.5 Å². The lowest BCUT2D eigenvalue weighted by atomic mass is 10.1. The van der Waals surface area contributed by atoms with Crippen molar-refractivity contribution in [2.24, 2.45) is 0 Å². The zero-order chi connectivity index (χ0) is 16.8. The van der Waals surface area contributed by atoms with E-state index in [2.05, 4.69) is 9.88 Å². The summed E-state index contributed by atoms with van der Waals surface area (Å²) in [6, 6.07) is 9.25. The first-order chi connectivity index (χ1) is 11.7. The molecule has 1 aromatic carbocycles. The second-order valence-corrected chi connectivity index (χ2v) is 6.25. The molecule has 1 unspecified atom stereocenters. The number of rotatable bonds is 6. The van der Waals surface area contributed by atoms with E-state index in [0.717, 1.165) is 24.2 Å². The van der Waals surface area contributed by atoms with Gasteiger partial charge < -0.3 is 19.8 Å². The summed E-state index contributed by atoms with van der Waals surface area (Å²) >= 11 is 0. The number of β-amino-alcohol motifs (C(OH)–C–C–N with tert-alkyl or cyclic N) is 1. The van der Waals surface area contributed by atoms with E-state index in [-0.39, 0.29) is 12.4 Å². The smallest absolute Gasteiger partial charge is 0.134 e. The number of piperidine rings is 1. The third kappa shape index (κ3) is 4.46. The molecule has 1 aliphatic rings. The number of hydrogen-bond donors (Lipinski definition) is 2. The lowest BCUT2D eigenvalue weighted by molar-refractivity contribution is 0.0619. The summed E-state index contributed by atoms with van der Waals surface area (Å²) in [5, 5.41) is 19.9. The Labute approximate surface area is 142 Å². The molecule has 1 aliphatic heterocycles. The van der Waals surface area contributed by atoms with Crippen molar-refractivity contribution in [1.29, 1.82) is 0 Å². The van der Waals surface area contributed by atoms with Crippen molar-refractivity contribution in [3.05, 3.63) is 42.7 Å². The highest BCUT2D eigenvalue weighted by Gasteiger charge is 2.16. The molecule has 1 aromatic heterocycles. The molecule has 0 bridgehead atoms. The fraction of sp³-hybridized carbons (Fsp3) is 0.421. The van der Waals surface area contributed by atoms with Gasteiger partial charge in [0.05, 0.1) is 6.20 Å². The maximum absolute atomic E-state index is 10.2. The Balaban J connectivity index is 1.63. The van der Waals surface area contributed by atoms with Gasteiger partial charge in [0.2, 0.25) is 0 Å². The lowest BCUT2D eigenvalue weighted by Crippen LogP contribution is -2.38. The summed E-state index contributed by atoms with van der Waals surface area (Å²) in [7, 11) is 0. The number of nitrogens with zero attached hydrogens (tertiary/aromatic N) is 2. The maximum Gasteiger partial charge on any atom is 0.134 e. The number of aliphatic hydroxyl groups is 1. The molecule has 0 amide bonds. The number of likely N-dealkylation sites (tertiary alicyclic amines) is 1. The average Bonchev–Trinajstić information content (AvgIpc) is 2.61. The third-order valence-corrected chi connectivity index (χ3v) is 4.27. The molecule has 1 atom stereocenters. The summed E-state index contributed by atoms with van der Waals surface area (Å²) in [6.45, 7) is 3.01. The third-order valence-electron chi connectivity index (χ3n) is 4.27. The quantitative estimate of drug-likeness (QED) is 0.853. The monoisotopic (exact) mass is 328 g/mol. The number of hydrogen-bond acceptors (Lipinski definition) is 5. The van der Waals surface area contributed by atoms with Gasteiger partial charge in [0, 0.05) is 23.9 Å². The minimum absolute atomic E-state index is 0.118. The molecule has 2 N–H and O–H groups in total. The van der Waals surface area contributed by atoms with Crippen LogP contribution in [-0.4, -0.2) is 52.4 Å². The van der Waals surface area contributed by atoms with E-state index >= 15 is 0 Å². The first kappa shape index (κ1) is 16.7. The molecule has 24 heavy (non-hydrogen) atoms. The number of aromatic hydroxyl groups is 1. The topological polar surface area (TPSA) is 65.8 Å². The van der Waals surface area contributed by atoms with Gasteiger partial charge in [-0.1, -0.05) is 24.6 Å². The predicted octanol–water partition coefficient (Wildman–Crippen LogP) is 2.68. The van der Waals surface area contributed by atoms with E-state index in [9.17, 15) is 10.2 Å². The van der Waals surface area contributed by atoms with Crippen LogP contribution in [0.3, 0.4) is 0 Å². The Hall–Kier alpha value is -2.11. The van der Waals surface area contributed by atoms with Crippen LogP contribution in [0, 0.1) is 0 Å². The molecular weight excluding hydrogens is 304 g/mol. The van der Waals surface area contributed by atoms with E-state index in [1.54, 1.807) is 12.3 Å². The Morgan fingerprint density at radius 2 is 1.92 bits per heavy atom. The molecule has 0 radical (unpaired) electrons. The molecule has 1 saturated heterocycles. The van der Waals surface area contributed by atoms with Crippen LogP contribution < -0.4 is 4.74 Å². The normalized spacial score (nSPS) is 16.7. The van der Waals surface area contributed by atoms with Gasteiger partial charge in [0.1, 0.15) is 24.2 Å². The minimum Gasteiger partial charge on any atom is -0.506 e. The number of para-hydroxylation sites is 1. The van der Waals surface area contributed by atoms with Crippen molar-refractivity contribution in [2.45, 2.75) is 25.4 Å². The lowest BCUT2D eigenvalue weighted by Gasteiger charge is -2.28. The SMILES string of the molecule is Oc1cncc(-c2ccccc2OCC(O)CN2CCCCC2)c1. The number of aliphatic hydroxyl groups excluding tert-OH is 1. The Morgan fingerprint density at radius 1 is 1.12 bits per heavy atom. The van der Waals surface area contributed by atoms with Gasteiger partial charge in [-0.25, -0.2) is 0 Å². The van der Waals surface area contributed by atoms with Crippen LogP contribution in [0.4, 0.5) is 0 Å². The number of ether oxygens (including phenoxy) is 1. The summed E-state index contributed by atoms with van der Waals surface area (Å²) in [6.07, 6.45) is 6.27. The van der Waals surface area contributed by atoms with Gasteiger partial charge in [-0.3, -0.25) is 4.98 Å². The van der Waals surface area contributed by atoms with E-state index < -0.39 is 6.10 Å². The van der Waals surface area contributed by atoms with Crippen LogP contribution in [0.25, 0.3) is 11.1 Å². The van der Waals surface area contributed by atoms with Crippen LogP contribution in [0.5, 0.6) is 11.5 Å². The Kier molecular flexibility index (Phi) is 5.67. The van der Waals surface area contributed by atoms with Crippen molar-refractivity contribution >= 4 is 0 Å². The second kappa shape index (κ2) is 8.13. The maximum atomic E-state index is 10.2. The fourth-order valence-corrected chi connectivity index (χ4v) is 3.08. The Morgan fingerprint density at radius 3 is 2.71 bits per heavy atom. The van der Waals surface area contributed by atoms with Gasteiger partial charge in [0.15, 0.2) is 0 Å². The number of benzene rings is 1. The summed E-state index contributed by atoms with van der Waals surface area (Å²) in [5.74, 6) is 0.801. The summed E-state index contributed by atoms with van der Waals surface area (Å²) in [4.78, 5) is 6.31. The molecule has 128 valence electrons. The molecule has 0 aliphatic carbocycles. The first-order valence-electron chi connectivity index (χ1n) is 8.49. The van der Waals surface area contributed by atoms with Crippen molar-refractivity contribution in [2.75, 3.05) is 26.2 Å². The van der Waals surface area contributed by atoms with Crippen molar-refractivity contribution in [3.8, 4) is 22.6 Å². The molecule has 1 fully saturated rings. The number of aromatic nitrogens is 1. The molecule has 3 rings (SSSR count). The van der Waals surface area contributed by atoms with Crippen molar-refractivity contribution in [1.82, 2.24) is 9.88 Å². The van der Waals surface area contributed by atoms with Gasteiger partial charge in [0.25, 0.3) is 0 Å². The van der Waals surface area contributed by atoms with Gasteiger partial charge in [-0.15, -0.1) is 0 Å². The van der Waals surface area contributed by atoms with Crippen LogP contribution in [-0.2, 0) is 0 Å². The number of pyridine rings is 1. The largest absolute Gasteiger partial charge is 0.506 e. The van der Waals surface area contributed by atoms with Gasteiger partial charge in [-0.2, -0.15) is 0 Å². The van der Waals surface area contributed by atoms with Crippen LogP contribution >= 0.6 is 0 Å². The highest BCUT2D eigenvalue weighted by atomic mass is 16.5. The second-order valence-electron chi connectivity index (χ2n) is 6.25. The summed E-state index contributed by atoms with van der Waals surface area (Å²) < 4.78 is 5.85. The molecule has 2 heterocycles. The van der Waals surface area contributed by atoms with Gasteiger partial charge in [-0.05, 0) is 38.1 Å². The van der Waals surface area contributed by atoms with Crippen LogP contribution in [0.2, 0.25) is 0 Å². The first-order valence-corrected chi connectivity index (χ1v) is 8.49. The van der Waals surface area contributed by atoms with Crippen molar-refractivity contribution < 1.29 is 14.9 Å². The fourth-order valence-electron chi connectivity index (χ4n) is 3.08. The average molecular weight is 328 g/mol. The van der Waals surface area contributed by atoms with E-state index in [4.69, 9.17) is 4.74 Å². The highest BCUT2D eigenvalue weighted by Crippen LogP contribution is 2.31. The molecule has 5 nitrogen and oxygen atoms in total. The highest BCUT2D eigenvalue weighted by molar-refractivity contribution is 5.70. The zero-order valence-corrected chi connectivity index (χ0v) is 13.8. The van der Waals surface area contributed by atoms with Crippen LogP contribution in [0.15, 0.2) is 42.7 Å². The molecule has 5 heteroatoms. The van der Waals surface area contributed by atoms with E-state index in [0.29, 0.717) is 12.3 Å². The molecule has 2 aromatic rings. The standard InChI is InChI=1S/C19H24N2O3/c22-16-10-15(11-20-12-16)18-6-2-3-7-19(18)24-14-17(23)13-21-8-4-1-5-9-21/h2-3,6-7,10-12,17,22-23H,1,4-5,8-9,13-14H2.